The lowest BCUT2D eigenvalue weighted by Crippen LogP contribution is -2.40. The zero-order valence-electron chi connectivity index (χ0n) is 13.4. The van der Waals surface area contributed by atoms with Crippen molar-refractivity contribution in [2.24, 2.45) is 0 Å². The predicted octanol–water partition coefficient (Wildman–Crippen LogP) is 4.57. The molecule has 1 unspecified atom stereocenters. The van der Waals surface area contributed by atoms with Gasteiger partial charge in [-0.25, -0.2) is 0 Å². The van der Waals surface area contributed by atoms with Crippen molar-refractivity contribution in [1.29, 1.82) is 0 Å². The molecule has 3 heteroatoms. The van der Waals surface area contributed by atoms with Crippen LogP contribution in [0.4, 0.5) is 0 Å². The van der Waals surface area contributed by atoms with Crippen molar-refractivity contribution in [2.75, 3.05) is 0 Å². The van der Waals surface area contributed by atoms with Crippen LogP contribution in [0.15, 0.2) is 18.2 Å². The first kappa shape index (κ1) is 16.4. The SMILES string of the molecule is Cc1ccc(C(C)O)c(CO[Si](C)(C)C(C)(C)C)c1. The first-order valence-corrected chi connectivity index (χ1v) is 9.87. The lowest BCUT2D eigenvalue weighted by molar-refractivity contribution is 0.193. The second-order valence-corrected chi connectivity index (χ2v) is 11.7. The van der Waals surface area contributed by atoms with Crippen molar-refractivity contribution in [3.63, 3.8) is 0 Å². The van der Waals surface area contributed by atoms with Crippen LogP contribution < -0.4 is 0 Å². The van der Waals surface area contributed by atoms with Crippen molar-refractivity contribution in [2.45, 2.75) is 65.5 Å². The van der Waals surface area contributed by atoms with Crippen LogP contribution in [0, 0.1) is 6.92 Å². The second kappa shape index (κ2) is 5.78. The Labute approximate surface area is 118 Å². The third kappa shape index (κ3) is 4.16. The minimum atomic E-state index is -1.74. The van der Waals surface area contributed by atoms with Gasteiger partial charge in [-0.15, -0.1) is 0 Å². The molecule has 0 bridgehead atoms. The maximum atomic E-state index is 9.84. The fourth-order valence-electron chi connectivity index (χ4n) is 1.74. The fourth-order valence-corrected chi connectivity index (χ4v) is 2.69. The lowest BCUT2D eigenvalue weighted by Gasteiger charge is -2.36. The highest BCUT2D eigenvalue weighted by atomic mass is 28.4. The monoisotopic (exact) mass is 280 g/mol. The van der Waals surface area contributed by atoms with E-state index in [4.69, 9.17) is 4.43 Å². The van der Waals surface area contributed by atoms with E-state index in [1.54, 1.807) is 6.92 Å². The summed E-state index contributed by atoms with van der Waals surface area (Å²) in [6.07, 6.45) is -0.446. The topological polar surface area (TPSA) is 29.5 Å². The molecule has 0 aliphatic rings. The molecule has 0 fully saturated rings. The van der Waals surface area contributed by atoms with Gasteiger partial charge in [0.2, 0.25) is 0 Å². The van der Waals surface area contributed by atoms with E-state index in [-0.39, 0.29) is 5.04 Å². The summed E-state index contributed by atoms with van der Waals surface area (Å²) in [4.78, 5) is 0. The van der Waals surface area contributed by atoms with Crippen LogP contribution >= 0.6 is 0 Å². The Balaban J connectivity index is 2.92. The van der Waals surface area contributed by atoms with Crippen molar-refractivity contribution < 1.29 is 9.53 Å². The highest BCUT2D eigenvalue weighted by Crippen LogP contribution is 2.37. The van der Waals surface area contributed by atoms with E-state index >= 15 is 0 Å². The maximum absolute atomic E-state index is 9.84. The largest absolute Gasteiger partial charge is 0.413 e. The molecule has 0 aromatic heterocycles. The molecule has 1 atom stereocenters. The van der Waals surface area contributed by atoms with Gasteiger partial charge in [-0.2, -0.15) is 0 Å². The summed E-state index contributed by atoms with van der Waals surface area (Å²) in [6, 6.07) is 6.16. The summed E-state index contributed by atoms with van der Waals surface area (Å²) >= 11 is 0. The average molecular weight is 280 g/mol. The molecule has 0 aliphatic carbocycles. The number of benzene rings is 1. The Bertz CT molecular complexity index is 431. The molecule has 0 saturated heterocycles. The van der Waals surface area contributed by atoms with Crippen LogP contribution in [0.2, 0.25) is 18.1 Å². The van der Waals surface area contributed by atoms with Crippen molar-refractivity contribution in [1.82, 2.24) is 0 Å². The Morgan fingerprint density at radius 3 is 2.32 bits per heavy atom. The van der Waals surface area contributed by atoms with Crippen LogP contribution in [0.25, 0.3) is 0 Å². The first-order valence-electron chi connectivity index (χ1n) is 6.96. The van der Waals surface area contributed by atoms with E-state index in [0.29, 0.717) is 6.61 Å². The molecule has 1 rings (SSSR count). The minimum absolute atomic E-state index is 0.210. The van der Waals surface area contributed by atoms with Gasteiger partial charge in [0.1, 0.15) is 0 Å². The number of rotatable bonds is 4. The molecule has 0 radical (unpaired) electrons. The zero-order valence-corrected chi connectivity index (χ0v) is 14.4. The van der Waals surface area contributed by atoms with E-state index in [2.05, 4.69) is 46.9 Å². The number of aliphatic hydroxyl groups excluding tert-OH is 1. The predicted molar refractivity (Wildman–Crippen MR) is 83.8 cm³/mol. The van der Waals surface area contributed by atoms with Crippen molar-refractivity contribution in [3.8, 4) is 0 Å². The lowest BCUT2D eigenvalue weighted by atomic mass is 10.0. The molecule has 2 nitrogen and oxygen atoms in total. The van der Waals surface area contributed by atoms with Gasteiger partial charge in [0.15, 0.2) is 8.32 Å². The molecular weight excluding hydrogens is 252 g/mol. The fraction of sp³-hybridized carbons (Fsp3) is 0.625. The standard InChI is InChI=1S/C16H28O2Si/c1-12-8-9-15(13(2)17)14(10-12)11-18-19(6,7)16(3,4)5/h8-10,13,17H,11H2,1-7H3. The van der Waals surface area contributed by atoms with Crippen LogP contribution in [0.1, 0.15) is 50.5 Å². The van der Waals surface area contributed by atoms with Crippen LogP contribution in [0.3, 0.4) is 0 Å². The normalized spacial score (nSPS) is 14.5. The molecule has 0 saturated carbocycles. The highest BCUT2D eigenvalue weighted by molar-refractivity contribution is 6.74. The molecule has 19 heavy (non-hydrogen) atoms. The van der Waals surface area contributed by atoms with Gasteiger partial charge in [-0.05, 0) is 43.1 Å². The summed E-state index contributed by atoms with van der Waals surface area (Å²) in [5.74, 6) is 0. The summed E-state index contributed by atoms with van der Waals surface area (Å²) in [5.41, 5.74) is 3.29. The van der Waals surface area contributed by atoms with E-state index in [1.165, 1.54) is 5.56 Å². The Kier molecular flexibility index (Phi) is 4.99. The minimum Gasteiger partial charge on any atom is -0.413 e. The molecule has 0 amide bonds. The molecule has 108 valence electrons. The van der Waals surface area contributed by atoms with Crippen LogP contribution in [0.5, 0.6) is 0 Å². The smallest absolute Gasteiger partial charge is 0.192 e. The molecule has 0 spiro atoms. The highest BCUT2D eigenvalue weighted by Gasteiger charge is 2.37. The third-order valence-corrected chi connectivity index (χ3v) is 8.62. The number of aryl methyl sites for hydroxylation is 1. The van der Waals surface area contributed by atoms with E-state index in [1.807, 2.05) is 12.1 Å². The van der Waals surface area contributed by atoms with Crippen molar-refractivity contribution >= 4 is 8.32 Å². The number of hydrogen-bond donors (Lipinski definition) is 1. The molecule has 1 aromatic carbocycles. The summed E-state index contributed by atoms with van der Waals surface area (Å²) in [5, 5.41) is 10.1. The first-order chi connectivity index (χ1) is 8.54. The van der Waals surface area contributed by atoms with E-state index in [9.17, 15) is 5.11 Å². The summed E-state index contributed by atoms with van der Waals surface area (Å²) in [6.45, 7) is 15.7. The zero-order chi connectivity index (χ0) is 14.8. The quantitative estimate of drug-likeness (QED) is 0.819. The van der Waals surface area contributed by atoms with Gasteiger partial charge in [-0.1, -0.05) is 44.5 Å². The van der Waals surface area contributed by atoms with E-state index in [0.717, 1.165) is 11.1 Å². The van der Waals surface area contributed by atoms with Gasteiger partial charge in [0, 0.05) is 0 Å². The number of hydrogen-bond acceptors (Lipinski definition) is 2. The maximum Gasteiger partial charge on any atom is 0.192 e. The van der Waals surface area contributed by atoms with Gasteiger partial charge >= 0.3 is 0 Å². The average Bonchev–Trinajstić information content (AvgIpc) is 2.24. The van der Waals surface area contributed by atoms with Gasteiger partial charge in [-0.3, -0.25) is 0 Å². The second-order valence-electron chi connectivity index (χ2n) is 6.93. The van der Waals surface area contributed by atoms with Gasteiger partial charge in [0.05, 0.1) is 12.7 Å². The molecular formula is C16H28O2Si. The third-order valence-electron chi connectivity index (χ3n) is 4.14. The summed E-state index contributed by atoms with van der Waals surface area (Å²) in [7, 11) is -1.74. The van der Waals surface area contributed by atoms with Crippen LogP contribution in [-0.4, -0.2) is 13.4 Å². The van der Waals surface area contributed by atoms with Gasteiger partial charge in [0.25, 0.3) is 0 Å². The van der Waals surface area contributed by atoms with Gasteiger partial charge < -0.3 is 9.53 Å². The summed E-state index contributed by atoms with van der Waals surface area (Å²) < 4.78 is 6.25. The van der Waals surface area contributed by atoms with Crippen molar-refractivity contribution in [3.05, 3.63) is 34.9 Å². The number of aliphatic hydroxyl groups is 1. The van der Waals surface area contributed by atoms with E-state index < -0.39 is 14.4 Å². The molecule has 0 aliphatic heterocycles. The Morgan fingerprint density at radius 2 is 1.84 bits per heavy atom. The molecule has 1 aromatic rings. The Hall–Kier alpha value is -0.643. The molecule has 0 heterocycles. The van der Waals surface area contributed by atoms with Crippen LogP contribution in [-0.2, 0) is 11.0 Å². The Morgan fingerprint density at radius 1 is 1.26 bits per heavy atom. The molecule has 1 N–H and O–H groups in total.